The van der Waals surface area contributed by atoms with Gasteiger partial charge in [-0.3, -0.25) is 11.3 Å². The van der Waals surface area contributed by atoms with E-state index in [1.165, 1.54) is 44.9 Å². The van der Waals surface area contributed by atoms with Crippen molar-refractivity contribution in [3.8, 4) is 0 Å². The van der Waals surface area contributed by atoms with Crippen molar-refractivity contribution in [2.24, 2.45) is 18.8 Å². The number of nitrogens with two attached hydrogens (primary N) is 1. The van der Waals surface area contributed by atoms with Crippen LogP contribution in [0.25, 0.3) is 0 Å². The molecule has 1 saturated carbocycles. The van der Waals surface area contributed by atoms with Gasteiger partial charge >= 0.3 is 0 Å². The maximum atomic E-state index is 5.69. The third-order valence-electron chi connectivity index (χ3n) is 4.52. The van der Waals surface area contributed by atoms with Crippen LogP contribution in [-0.4, -0.2) is 15.6 Å². The van der Waals surface area contributed by atoms with E-state index in [0.29, 0.717) is 6.04 Å². The van der Waals surface area contributed by atoms with Crippen LogP contribution < -0.4 is 11.3 Å². The molecule has 108 valence electrons. The first kappa shape index (κ1) is 14.5. The van der Waals surface area contributed by atoms with Crippen LogP contribution in [0.2, 0.25) is 0 Å². The standard InChI is InChI=1S/C15H28N4/c1-19-12-11-17-15(19)10-9-14(18-16)8-7-13-5-3-2-4-6-13/h11-14,18H,2-10,16H2,1H3. The van der Waals surface area contributed by atoms with Gasteiger partial charge in [0.2, 0.25) is 0 Å². The predicted octanol–water partition coefficient (Wildman–Crippen LogP) is 2.55. The van der Waals surface area contributed by atoms with Gasteiger partial charge in [-0.25, -0.2) is 4.98 Å². The van der Waals surface area contributed by atoms with Gasteiger partial charge in [-0.05, 0) is 25.2 Å². The average molecular weight is 264 g/mol. The number of imidazole rings is 1. The Morgan fingerprint density at radius 1 is 1.37 bits per heavy atom. The Balaban J connectivity index is 1.69. The molecule has 1 aliphatic rings. The summed E-state index contributed by atoms with van der Waals surface area (Å²) >= 11 is 0. The van der Waals surface area contributed by atoms with E-state index in [0.717, 1.165) is 24.6 Å². The van der Waals surface area contributed by atoms with Crippen LogP contribution in [-0.2, 0) is 13.5 Å². The SMILES string of the molecule is Cn1ccnc1CCC(CCC1CCCCC1)NN. The first-order valence-electron chi connectivity index (χ1n) is 7.72. The summed E-state index contributed by atoms with van der Waals surface area (Å²) in [6.07, 6.45) is 15.6. The summed E-state index contributed by atoms with van der Waals surface area (Å²) in [6, 6.07) is 0.429. The van der Waals surface area contributed by atoms with Gasteiger partial charge in [0.05, 0.1) is 0 Å². The number of hydrazine groups is 1. The van der Waals surface area contributed by atoms with E-state index < -0.39 is 0 Å². The molecule has 0 spiro atoms. The van der Waals surface area contributed by atoms with Crippen molar-refractivity contribution in [1.29, 1.82) is 0 Å². The van der Waals surface area contributed by atoms with Gasteiger partial charge in [0.1, 0.15) is 5.82 Å². The number of rotatable bonds is 7. The summed E-state index contributed by atoms with van der Waals surface area (Å²) < 4.78 is 2.09. The molecule has 1 atom stereocenters. The fourth-order valence-corrected chi connectivity index (χ4v) is 3.16. The molecule has 1 fully saturated rings. The predicted molar refractivity (Wildman–Crippen MR) is 78.4 cm³/mol. The Hall–Kier alpha value is -0.870. The lowest BCUT2D eigenvalue weighted by Gasteiger charge is -2.24. The van der Waals surface area contributed by atoms with Crippen molar-refractivity contribution >= 4 is 0 Å². The summed E-state index contributed by atoms with van der Waals surface area (Å²) in [5, 5.41) is 0. The Bertz CT molecular complexity index is 355. The van der Waals surface area contributed by atoms with Crippen LogP contribution in [0.5, 0.6) is 0 Å². The minimum atomic E-state index is 0.429. The summed E-state index contributed by atoms with van der Waals surface area (Å²) in [6.45, 7) is 0. The van der Waals surface area contributed by atoms with Crippen molar-refractivity contribution < 1.29 is 0 Å². The molecular weight excluding hydrogens is 236 g/mol. The first-order valence-corrected chi connectivity index (χ1v) is 7.72. The first-order chi connectivity index (χ1) is 9.29. The van der Waals surface area contributed by atoms with Crippen LogP contribution in [0.1, 0.15) is 57.2 Å². The smallest absolute Gasteiger partial charge is 0.108 e. The summed E-state index contributed by atoms with van der Waals surface area (Å²) in [5.41, 5.74) is 2.99. The van der Waals surface area contributed by atoms with Crippen molar-refractivity contribution in [2.75, 3.05) is 0 Å². The van der Waals surface area contributed by atoms with Crippen LogP contribution in [0, 0.1) is 5.92 Å². The number of hydrogen-bond acceptors (Lipinski definition) is 3. The Labute approximate surface area is 116 Å². The monoisotopic (exact) mass is 264 g/mol. The molecule has 1 aromatic rings. The molecule has 0 amide bonds. The van der Waals surface area contributed by atoms with Crippen molar-refractivity contribution in [3.05, 3.63) is 18.2 Å². The maximum Gasteiger partial charge on any atom is 0.108 e. The molecule has 4 heteroatoms. The van der Waals surface area contributed by atoms with Gasteiger partial charge in [-0.1, -0.05) is 32.1 Å². The van der Waals surface area contributed by atoms with E-state index in [1.54, 1.807) is 0 Å². The van der Waals surface area contributed by atoms with Crippen LogP contribution in [0.4, 0.5) is 0 Å². The molecule has 19 heavy (non-hydrogen) atoms. The Morgan fingerprint density at radius 3 is 2.79 bits per heavy atom. The maximum absolute atomic E-state index is 5.69. The van der Waals surface area contributed by atoms with E-state index in [4.69, 9.17) is 5.84 Å². The lowest BCUT2D eigenvalue weighted by molar-refractivity contribution is 0.309. The van der Waals surface area contributed by atoms with E-state index in [9.17, 15) is 0 Å². The highest BCUT2D eigenvalue weighted by Gasteiger charge is 2.16. The molecule has 0 radical (unpaired) electrons. The zero-order valence-corrected chi connectivity index (χ0v) is 12.1. The topological polar surface area (TPSA) is 55.9 Å². The molecule has 1 aliphatic carbocycles. The van der Waals surface area contributed by atoms with E-state index >= 15 is 0 Å². The summed E-state index contributed by atoms with van der Waals surface area (Å²) in [7, 11) is 2.05. The fraction of sp³-hybridized carbons (Fsp3) is 0.800. The van der Waals surface area contributed by atoms with Crippen LogP contribution in [0.15, 0.2) is 12.4 Å². The van der Waals surface area contributed by atoms with E-state index in [2.05, 4.69) is 22.0 Å². The zero-order valence-electron chi connectivity index (χ0n) is 12.1. The highest BCUT2D eigenvalue weighted by Crippen LogP contribution is 2.28. The Morgan fingerprint density at radius 2 is 2.16 bits per heavy atom. The van der Waals surface area contributed by atoms with Gasteiger partial charge in [0.25, 0.3) is 0 Å². The van der Waals surface area contributed by atoms with Gasteiger partial charge < -0.3 is 4.57 Å². The lowest BCUT2D eigenvalue weighted by atomic mass is 9.85. The van der Waals surface area contributed by atoms with Gasteiger partial charge in [-0.2, -0.15) is 0 Å². The largest absolute Gasteiger partial charge is 0.338 e. The number of aryl methyl sites for hydroxylation is 2. The molecule has 3 N–H and O–H groups in total. The second-order valence-electron chi connectivity index (χ2n) is 5.94. The fourth-order valence-electron chi connectivity index (χ4n) is 3.16. The quantitative estimate of drug-likeness (QED) is 0.588. The summed E-state index contributed by atoms with van der Waals surface area (Å²) in [5.74, 6) is 7.78. The van der Waals surface area contributed by atoms with E-state index in [-0.39, 0.29) is 0 Å². The van der Waals surface area contributed by atoms with Gasteiger partial charge in [0, 0.05) is 31.9 Å². The van der Waals surface area contributed by atoms with E-state index in [1.807, 2.05) is 12.4 Å². The highest BCUT2D eigenvalue weighted by molar-refractivity contribution is 4.92. The van der Waals surface area contributed by atoms with Crippen LogP contribution in [0.3, 0.4) is 0 Å². The minimum absolute atomic E-state index is 0.429. The van der Waals surface area contributed by atoms with Crippen molar-refractivity contribution in [3.63, 3.8) is 0 Å². The molecule has 0 aliphatic heterocycles. The second kappa shape index (κ2) is 7.65. The Kier molecular flexibility index (Phi) is 5.86. The third-order valence-corrected chi connectivity index (χ3v) is 4.52. The lowest BCUT2D eigenvalue weighted by Crippen LogP contribution is -2.36. The zero-order chi connectivity index (χ0) is 13.5. The molecule has 1 heterocycles. The normalized spacial score (nSPS) is 18.6. The number of hydrogen-bond donors (Lipinski definition) is 2. The highest BCUT2D eigenvalue weighted by atomic mass is 15.2. The average Bonchev–Trinajstić information content (AvgIpc) is 2.86. The second-order valence-corrected chi connectivity index (χ2v) is 5.94. The van der Waals surface area contributed by atoms with Crippen molar-refractivity contribution in [1.82, 2.24) is 15.0 Å². The number of nitrogens with one attached hydrogen (secondary N) is 1. The van der Waals surface area contributed by atoms with Gasteiger partial charge in [0.15, 0.2) is 0 Å². The molecule has 2 rings (SSSR count). The third kappa shape index (κ3) is 4.62. The number of aromatic nitrogens is 2. The molecule has 0 saturated heterocycles. The minimum Gasteiger partial charge on any atom is -0.338 e. The molecule has 1 unspecified atom stereocenters. The molecule has 0 aromatic carbocycles. The molecule has 4 nitrogen and oxygen atoms in total. The molecular formula is C15H28N4. The molecule has 0 bridgehead atoms. The number of nitrogens with zero attached hydrogens (tertiary/aromatic N) is 2. The van der Waals surface area contributed by atoms with Crippen LogP contribution >= 0.6 is 0 Å². The van der Waals surface area contributed by atoms with Gasteiger partial charge in [-0.15, -0.1) is 0 Å². The molecule has 1 aromatic heterocycles. The summed E-state index contributed by atoms with van der Waals surface area (Å²) in [4.78, 5) is 4.37. The van der Waals surface area contributed by atoms with Crippen molar-refractivity contribution in [2.45, 2.75) is 63.8 Å².